The molecule has 0 unspecified atom stereocenters. The molecular weight excluding hydrogens is 250 g/mol. The number of nitrogen functional groups attached to an aromatic ring is 1. The van der Waals surface area contributed by atoms with Crippen molar-refractivity contribution in [3.8, 4) is 17.1 Å². The van der Waals surface area contributed by atoms with Crippen molar-refractivity contribution in [2.45, 2.75) is 33.1 Å². The van der Waals surface area contributed by atoms with Crippen molar-refractivity contribution in [1.82, 2.24) is 9.97 Å². The van der Waals surface area contributed by atoms with Gasteiger partial charge < -0.3 is 10.5 Å². The van der Waals surface area contributed by atoms with E-state index in [0.717, 1.165) is 22.7 Å². The molecule has 20 heavy (non-hydrogen) atoms. The number of nitrogens with two attached hydrogens (primary N) is 1. The molecule has 0 saturated heterocycles. The Balaban J connectivity index is 2.64. The van der Waals surface area contributed by atoms with Crippen molar-refractivity contribution < 1.29 is 4.74 Å². The molecule has 4 nitrogen and oxygen atoms in total. The standard InChI is InChI=1S/C16H21N3O/c1-10-8-14(16(2,3)4)19-15(18-10)12-9-11(17)6-7-13(12)20-5/h6-9H,17H2,1-5H3. The van der Waals surface area contributed by atoms with E-state index in [0.29, 0.717) is 11.5 Å². The van der Waals surface area contributed by atoms with Crippen LogP contribution in [0.25, 0.3) is 11.4 Å². The zero-order valence-corrected chi connectivity index (χ0v) is 12.7. The van der Waals surface area contributed by atoms with Crippen molar-refractivity contribution in [3.63, 3.8) is 0 Å². The Morgan fingerprint density at radius 2 is 1.80 bits per heavy atom. The molecule has 0 saturated carbocycles. The van der Waals surface area contributed by atoms with Crippen LogP contribution in [0.4, 0.5) is 5.69 Å². The van der Waals surface area contributed by atoms with Gasteiger partial charge in [-0.1, -0.05) is 20.8 Å². The van der Waals surface area contributed by atoms with Crippen LogP contribution in [-0.2, 0) is 5.41 Å². The number of rotatable bonds is 2. The molecule has 0 fully saturated rings. The second-order valence-corrected chi connectivity index (χ2v) is 5.93. The fourth-order valence-electron chi connectivity index (χ4n) is 1.97. The molecule has 0 radical (unpaired) electrons. The van der Waals surface area contributed by atoms with Gasteiger partial charge in [0, 0.05) is 16.8 Å². The Kier molecular flexibility index (Phi) is 3.66. The molecule has 0 aliphatic carbocycles. The van der Waals surface area contributed by atoms with Crippen LogP contribution in [-0.4, -0.2) is 17.1 Å². The molecule has 2 N–H and O–H groups in total. The third kappa shape index (κ3) is 2.90. The lowest BCUT2D eigenvalue weighted by Crippen LogP contribution is -2.15. The maximum Gasteiger partial charge on any atom is 0.163 e. The summed E-state index contributed by atoms with van der Waals surface area (Å²) < 4.78 is 5.38. The summed E-state index contributed by atoms with van der Waals surface area (Å²) in [6.45, 7) is 8.37. The minimum atomic E-state index is -0.0317. The molecule has 0 atom stereocenters. The molecule has 4 heteroatoms. The van der Waals surface area contributed by atoms with Gasteiger partial charge in [-0.2, -0.15) is 0 Å². The van der Waals surface area contributed by atoms with Gasteiger partial charge in [0.25, 0.3) is 0 Å². The molecule has 1 heterocycles. The monoisotopic (exact) mass is 271 g/mol. The van der Waals surface area contributed by atoms with E-state index in [2.05, 4.69) is 30.7 Å². The van der Waals surface area contributed by atoms with Crippen LogP contribution in [0.1, 0.15) is 32.2 Å². The highest BCUT2D eigenvalue weighted by atomic mass is 16.5. The lowest BCUT2D eigenvalue weighted by atomic mass is 9.91. The van der Waals surface area contributed by atoms with E-state index >= 15 is 0 Å². The highest BCUT2D eigenvalue weighted by molar-refractivity contribution is 5.69. The van der Waals surface area contributed by atoms with Crippen LogP contribution in [0.5, 0.6) is 5.75 Å². The number of anilines is 1. The molecule has 1 aromatic carbocycles. The highest BCUT2D eigenvalue weighted by Gasteiger charge is 2.19. The quantitative estimate of drug-likeness (QED) is 0.851. The minimum Gasteiger partial charge on any atom is -0.496 e. The SMILES string of the molecule is COc1ccc(N)cc1-c1nc(C)cc(C(C)(C)C)n1. The second-order valence-electron chi connectivity index (χ2n) is 5.93. The fraction of sp³-hybridized carbons (Fsp3) is 0.375. The van der Waals surface area contributed by atoms with E-state index in [1.807, 2.05) is 31.2 Å². The molecule has 0 amide bonds. The van der Waals surface area contributed by atoms with Gasteiger partial charge >= 0.3 is 0 Å². The maximum atomic E-state index is 5.87. The third-order valence-electron chi connectivity index (χ3n) is 3.09. The summed E-state index contributed by atoms with van der Waals surface area (Å²) in [7, 11) is 1.63. The molecule has 0 bridgehead atoms. The van der Waals surface area contributed by atoms with E-state index in [4.69, 9.17) is 10.5 Å². The van der Waals surface area contributed by atoms with Gasteiger partial charge in [0.1, 0.15) is 5.75 Å². The topological polar surface area (TPSA) is 61.0 Å². The van der Waals surface area contributed by atoms with Crippen LogP contribution in [0.3, 0.4) is 0 Å². The van der Waals surface area contributed by atoms with E-state index in [9.17, 15) is 0 Å². The Morgan fingerprint density at radius 3 is 2.40 bits per heavy atom. The second kappa shape index (κ2) is 5.12. The number of hydrogen-bond donors (Lipinski definition) is 1. The predicted octanol–water partition coefficient (Wildman–Crippen LogP) is 3.34. The van der Waals surface area contributed by atoms with E-state index in [-0.39, 0.29) is 5.41 Å². The van der Waals surface area contributed by atoms with Crippen LogP contribution >= 0.6 is 0 Å². The molecule has 0 spiro atoms. The molecule has 2 rings (SSSR count). The first kappa shape index (κ1) is 14.3. The van der Waals surface area contributed by atoms with Gasteiger partial charge in [0.15, 0.2) is 5.82 Å². The first-order valence-electron chi connectivity index (χ1n) is 6.61. The number of aromatic nitrogens is 2. The Morgan fingerprint density at radius 1 is 1.10 bits per heavy atom. The van der Waals surface area contributed by atoms with Gasteiger partial charge in [-0.05, 0) is 31.2 Å². The van der Waals surface area contributed by atoms with Gasteiger partial charge in [-0.15, -0.1) is 0 Å². The van der Waals surface area contributed by atoms with Crippen molar-refractivity contribution in [3.05, 3.63) is 35.7 Å². The van der Waals surface area contributed by atoms with Gasteiger partial charge in [-0.3, -0.25) is 0 Å². The number of ether oxygens (including phenoxy) is 1. The predicted molar refractivity (Wildman–Crippen MR) is 81.9 cm³/mol. The van der Waals surface area contributed by atoms with E-state index in [1.54, 1.807) is 7.11 Å². The zero-order valence-electron chi connectivity index (χ0n) is 12.7. The largest absolute Gasteiger partial charge is 0.496 e. The third-order valence-corrected chi connectivity index (χ3v) is 3.09. The number of nitrogens with zero attached hydrogens (tertiary/aromatic N) is 2. The average molecular weight is 271 g/mol. The van der Waals surface area contributed by atoms with Crippen LogP contribution in [0, 0.1) is 6.92 Å². The number of aryl methyl sites for hydroxylation is 1. The maximum absolute atomic E-state index is 5.87. The summed E-state index contributed by atoms with van der Waals surface area (Å²) in [4.78, 5) is 9.20. The van der Waals surface area contributed by atoms with Crippen molar-refractivity contribution >= 4 is 5.69 Å². The van der Waals surface area contributed by atoms with Crippen molar-refractivity contribution in [1.29, 1.82) is 0 Å². The van der Waals surface area contributed by atoms with Crippen LogP contribution in [0.2, 0.25) is 0 Å². The smallest absolute Gasteiger partial charge is 0.163 e. The van der Waals surface area contributed by atoms with Gasteiger partial charge in [-0.25, -0.2) is 9.97 Å². The first-order valence-corrected chi connectivity index (χ1v) is 6.61. The normalized spacial score (nSPS) is 11.4. The molecule has 0 aliphatic heterocycles. The summed E-state index contributed by atoms with van der Waals surface area (Å²) in [5.74, 6) is 1.38. The van der Waals surface area contributed by atoms with Crippen LogP contribution < -0.4 is 10.5 Å². The Hall–Kier alpha value is -2.10. The molecule has 1 aromatic heterocycles. The van der Waals surface area contributed by atoms with Gasteiger partial charge in [0.05, 0.1) is 18.4 Å². The molecule has 106 valence electrons. The summed E-state index contributed by atoms with van der Waals surface area (Å²) >= 11 is 0. The fourth-order valence-corrected chi connectivity index (χ4v) is 1.97. The zero-order chi connectivity index (χ0) is 14.9. The average Bonchev–Trinajstić information content (AvgIpc) is 2.37. The van der Waals surface area contributed by atoms with Gasteiger partial charge in [0.2, 0.25) is 0 Å². The highest BCUT2D eigenvalue weighted by Crippen LogP contribution is 2.31. The summed E-state index contributed by atoms with van der Waals surface area (Å²) in [5, 5.41) is 0. The van der Waals surface area contributed by atoms with E-state index in [1.165, 1.54) is 0 Å². The molecular formula is C16H21N3O. The molecule has 2 aromatic rings. The summed E-state index contributed by atoms with van der Waals surface area (Å²) in [6, 6.07) is 7.51. The van der Waals surface area contributed by atoms with Crippen LogP contribution in [0.15, 0.2) is 24.3 Å². The first-order chi connectivity index (χ1) is 9.31. The summed E-state index contributed by atoms with van der Waals surface area (Å²) in [5.41, 5.74) is 9.27. The number of methoxy groups -OCH3 is 1. The number of hydrogen-bond acceptors (Lipinski definition) is 4. The van der Waals surface area contributed by atoms with E-state index < -0.39 is 0 Å². The molecule has 0 aliphatic rings. The lowest BCUT2D eigenvalue weighted by Gasteiger charge is -2.19. The summed E-state index contributed by atoms with van der Waals surface area (Å²) in [6.07, 6.45) is 0. The Bertz CT molecular complexity index is 630. The Labute approximate surface area is 120 Å². The van der Waals surface area contributed by atoms with Crippen molar-refractivity contribution in [2.75, 3.05) is 12.8 Å². The minimum absolute atomic E-state index is 0.0317. The number of benzene rings is 1. The lowest BCUT2D eigenvalue weighted by molar-refractivity contribution is 0.416. The van der Waals surface area contributed by atoms with Crippen molar-refractivity contribution in [2.24, 2.45) is 0 Å².